The van der Waals surface area contributed by atoms with Gasteiger partial charge in [0.1, 0.15) is 0 Å². The lowest BCUT2D eigenvalue weighted by Gasteiger charge is -1.94. The summed E-state index contributed by atoms with van der Waals surface area (Å²) in [6.07, 6.45) is 2.44. The Labute approximate surface area is 83.8 Å². The molecule has 0 fully saturated rings. The van der Waals surface area contributed by atoms with Gasteiger partial charge >= 0.3 is 17.9 Å². The van der Waals surface area contributed by atoms with E-state index in [-0.39, 0.29) is 5.76 Å². The molecule has 1 N–H and O–H groups in total. The molecule has 0 bridgehead atoms. The standard InChI is InChI=1S/C9H6O6/c10-7(11)3-4-8(12)15-9(13)6-2-1-5-14-6/h1-5H,(H,10,11)/b4-3+. The van der Waals surface area contributed by atoms with Crippen molar-refractivity contribution >= 4 is 17.9 Å². The van der Waals surface area contributed by atoms with Crippen LogP contribution in [0.3, 0.4) is 0 Å². The van der Waals surface area contributed by atoms with Crippen LogP contribution in [-0.4, -0.2) is 23.0 Å². The number of carboxylic acids is 1. The van der Waals surface area contributed by atoms with Crippen LogP contribution in [0.4, 0.5) is 0 Å². The summed E-state index contributed by atoms with van der Waals surface area (Å²) in [6.45, 7) is 0. The highest BCUT2D eigenvalue weighted by molar-refractivity contribution is 6.00. The Balaban J connectivity index is 2.53. The molecule has 1 rings (SSSR count). The quantitative estimate of drug-likeness (QED) is 0.446. The molecule has 0 aromatic carbocycles. The van der Waals surface area contributed by atoms with E-state index < -0.39 is 17.9 Å². The SMILES string of the molecule is O=C(O)/C=C/C(=O)OC(=O)c1ccco1. The summed E-state index contributed by atoms with van der Waals surface area (Å²) in [4.78, 5) is 31.9. The molecule has 0 unspecified atom stereocenters. The molecule has 78 valence electrons. The third-order valence-electron chi connectivity index (χ3n) is 1.28. The Bertz CT molecular complexity index is 400. The molecule has 0 aliphatic rings. The highest BCUT2D eigenvalue weighted by Gasteiger charge is 2.13. The molecule has 0 aliphatic heterocycles. The van der Waals surface area contributed by atoms with Crippen LogP contribution in [0.15, 0.2) is 35.0 Å². The number of furan rings is 1. The van der Waals surface area contributed by atoms with Gasteiger partial charge < -0.3 is 14.3 Å². The molecule has 0 spiro atoms. The van der Waals surface area contributed by atoms with Gasteiger partial charge in [0.2, 0.25) is 5.76 Å². The molecule has 6 heteroatoms. The van der Waals surface area contributed by atoms with Crippen molar-refractivity contribution in [3.8, 4) is 0 Å². The van der Waals surface area contributed by atoms with Gasteiger partial charge in [-0.2, -0.15) is 0 Å². The Hall–Kier alpha value is -2.37. The summed E-state index contributed by atoms with van der Waals surface area (Å²) in [7, 11) is 0. The molecule has 0 saturated carbocycles. The van der Waals surface area contributed by atoms with Crippen LogP contribution in [0.5, 0.6) is 0 Å². The summed E-state index contributed by atoms with van der Waals surface area (Å²) in [5, 5.41) is 8.18. The summed E-state index contributed by atoms with van der Waals surface area (Å²) in [5.74, 6) is -3.48. The van der Waals surface area contributed by atoms with Gasteiger partial charge in [-0.15, -0.1) is 0 Å². The Morgan fingerprint density at radius 3 is 2.60 bits per heavy atom. The fourth-order valence-corrected chi connectivity index (χ4v) is 0.710. The number of ether oxygens (including phenoxy) is 1. The highest BCUT2D eigenvalue weighted by atomic mass is 16.6. The lowest BCUT2D eigenvalue weighted by molar-refractivity contribution is -0.134. The second-order valence-electron chi connectivity index (χ2n) is 2.36. The van der Waals surface area contributed by atoms with E-state index >= 15 is 0 Å². The van der Waals surface area contributed by atoms with Gasteiger partial charge in [-0.3, -0.25) is 0 Å². The zero-order valence-corrected chi connectivity index (χ0v) is 7.38. The molecule has 0 amide bonds. The third-order valence-corrected chi connectivity index (χ3v) is 1.28. The largest absolute Gasteiger partial charge is 0.478 e. The molecule has 0 aliphatic carbocycles. The molecule has 0 radical (unpaired) electrons. The molecule has 1 aromatic rings. The Morgan fingerprint density at radius 1 is 1.33 bits per heavy atom. The third kappa shape index (κ3) is 3.47. The smallest absolute Gasteiger partial charge is 0.382 e. The van der Waals surface area contributed by atoms with E-state index in [9.17, 15) is 14.4 Å². The molecule has 6 nitrogen and oxygen atoms in total. The lowest BCUT2D eigenvalue weighted by atomic mass is 10.4. The first-order chi connectivity index (χ1) is 7.09. The van der Waals surface area contributed by atoms with Crippen LogP contribution in [0.1, 0.15) is 10.6 Å². The minimum absolute atomic E-state index is 0.132. The topological polar surface area (TPSA) is 93.8 Å². The van der Waals surface area contributed by atoms with Crippen LogP contribution in [-0.2, 0) is 14.3 Å². The van der Waals surface area contributed by atoms with Crippen molar-refractivity contribution in [3.05, 3.63) is 36.3 Å². The van der Waals surface area contributed by atoms with Crippen molar-refractivity contribution in [2.24, 2.45) is 0 Å². The van der Waals surface area contributed by atoms with Crippen LogP contribution in [0, 0.1) is 0 Å². The average molecular weight is 210 g/mol. The van der Waals surface area contributed by atoms with Gasteiger partial charge in [0, 0.05) is 12.2 Å². The second kappa shape index (κ2) is 4.75. The van der Waals surface area contributed by atoms with Crippen LogP contribution in [0.2, 0.25) is 0 Å². The van der Waals surface area contributed by atoms with E-state index in [4.69, 9.17) is 5.11 Å². The fourth-order valence-electron chi connectivity index (χ4n) is 0.710. The maximum atomic E-state index is 11.0. The minimum atomic E-state index is -1.31. The number of esters is 2. The van der Waals surface area contributed by atoms with Gasteiger partial charge in [-0.25, -0.2) is 14.4 Å². The normalized spacial score (nSPS) is 10.1. The first-order valence-corrected chi connectivity index (χ1v) is 3.80. The zero-order valence-electron chi connectivity index (χ0n) is 7.38. The fraction of sp³-hybridized carbons (Fsp3) is 0. The van der Waals surface area contributed by atoms with Gasteiger partial charge in [-0.1, -0.05) is 0 Å². The van der Waals surface area contributed by atoms with Crippen molar-refractivity contribution in [1.82, 2.24) is 0 Å². The van der Waals surface area contributed by atoms with Crippen molar-refractivity contribution in [2.45, 2.75) is 0 Å². The number of carbonyl (C=O) groups excluding carboxylic acids is 2. The predicted molar refractivity (Wildman–Crippen MR) is 45.9 cm³/mol. The second-order valence-corrected chi connectivity index (χ2v) is 2.36. The maximum absolute atomic E-state index is 11.0. The Kier molecular flexibility index (Phi) is 3.39. The number of hydrogen-bond donors (Lipinski definition) is 1. The van der Waals surface area contributed by atoms with Crippen molar-refractivity contribution in [2.75, 3.05) is 0 Å². The molecule has 0 saturated heterocycles. The van der Waals surface area contributed by atoms with Gasteiger partial charge in [0.05, 0.1) is 6.26 Å². The summed E-state index contributed by atoms with van der Waals surface area (Å²) < 4.78 is 8.88. The minimum Gasteiger partial charge on any atom is -0.478 e. The predicted octanol–water partition coefficient (Wildman–Crippen LogP) is 0.604. The first-order valence-electron chi connectivity index (χ1n) is 3.80. The highest BCUT2D eigenvalue weighted by Crippen LogP contribution is 2.02. The number of hydrogen-bond acceptors (Lipinski definition) is 5. The maximum Gasteiger partial charge on any atom is 0.382 e. The van der Waals surface area contributed by atoms with E-state index in [1.165, 1.54) is 18.4 Å². The van der Waals surface area contributed by atoms with Gasteiger partial charge in [-0.05, 0) is 12.1 Å². The van der Waals surface area contributed by atoms with E-state index in [0.717, 1.165) is 0 Å². The van der Waals surface area contributed by atoms with Crippen molar-refractivity contribution in [3.63, 3.8) is 0 Å². The number of rotatable bonds is 3. The van der Waals surface area contributed by atoms with Crippen LogP contribution in [0.25, 0.3) is 0 Å². The summed E-state index contributed by atoms with van der Waals surface area (Å²) in [6, 6.07) is 2.77. The average Bonchev–Trinajstić information content (AvgIpc) is 2.67. The molecular formula is C9H6O6. The van der Waals surface area contributed by atoms with Crippen LogP contribution >= 0.6 is 0 Å². The molecule has 15 heavy (non-hydrogen) atoms. The lowest BCUT2D eigenvalue weighted by Crippen LogP contribution is -2.09. The molecule has 1 aromatic heterocycles. The van der Waals surface area contributed by atoms with E-state index in [2.05, 4.69) is 9.15 Å². The van der Waals surface area contributed by atoms with Gasteiger partial charge in [0.25, 0.3) is 0 Å². The van der Waals surface area contributed by atoms with Gasteiger partial charge in [0.15, 0.2) is 0 Å². The molecule has 1 heterocycles. The van der Waals surface area contributed by atoms with E-state index in [1.807, 2.05) is 0 Å². The summed E-state index contributed by atoms with van der Waals surface area (Å²) >= 11 is 0. The summed E-state index contributed by atoms with van der Waals surface area (Å²) in [5.41, 5.74) is 0. The monoisotopic (exact) mass is 210 g/mol. The number of aliphatic carboxylic acids is 1. The first kappa shape index (κ1) is 10.7. The Morgan fingerprint density at radius 2 is 2.07 bits per heavy atom. The molecular weight excluding hydrogens is 204 g/mol. The van der Waals surface area contributed by atoms with Crippen molar-refractivity contribution in [1.29, 1.82) is 0 Å². The van der Waals surface area contributed by atoms with E-state index in [0.29, 0.717) is 12.2 Å². The number of carboxylic acid groups (broad SMARTS) is 1. The van der Waals surface area contributed by atoms with E-state index in [1.54, 1.807) is 0 Å². The number of carbonyl (C=O) groups is 3. The van der Waals surface area contributed by atoms with Crippen molar-refractivity contribution < 1.29 is 28.6 Å². The zero-order chi connectivity index (χ0) is 11.3. The molecule has 0 atom stereocenters. The van der Waals surface area contributed by atoms with Crippen LogP contribution < -0.4 is 0 Å².